The number of hydrogen-bond acceptors (Lipinski definition) is 4. The largest absolute Gasteiger partial charge is 0.481 e. The first-order chi connectivity index (χ1) is 10.9. The van der Waals surface area contributed by atoms with E-state index in [9.17, 15) is 9.59 Å². The number of likely N-dealkylation sites (N-methyl/N-ethyl adjacent to an activating group) is 1. The van der Waals surface area contributed by atoms with Gasteiger partial charge in [-0.05, 0) is 39.7 Å². The molecule has 0 aliphatic rings. The second-order valence-corrected chi connectivity index (χ2v) is 6.05. The van der Waals surface area contributed by atoms with E-state index in [1.807, 2.05) is 30.3 Å². The second kappa shape index (κ2) is 7.46. The highest BCUT2D eigenvalue weighted by atomic mass is 79.9. The molecule has 2 aromatic carbocycles. The number of esters is 1. The third-order valence-corrected chi connectivity index (χ3v) is 4.09. The molecule has 0 unspecified atom stereocenters. The first kappa shape index (κ1) is 17.3. The molecule has 0 N–H and O–H groups in total. The number of carbonyl (C=O) groups is 2. The fourth-order valence-corrected chi connectivity index (χ4v) is 2.71. The predicted octanol–water partition coefficient (Wildman–Crippen LogP) is 3.00. The van der Waals surface area contributed by atoms with Crippen molar-refractivity contribution in [2.45, 2.75) is 13.0 Å². The Balaban J connectivity index is 1.99. The van der Waals surface area contributed by atoms with Crippen molar-refractivity contribution in [3.8, 4) is 5.75 Å². The third kappa shape index (κ3) is 4.22. The Labute approximate surface area is 143 Å². The van der Waals surface area contributed by atoms with Crippen LogP contribution in [0.2, 0.25) is 0 Å². The lowest BCUT2D eigenvalue weighted by molar-refractivity contribution is -0.159. The van der Waals surface area contributed by atoms with Crippen LogP contribution in [0.3, 0.4) is 0 Å². The molecule has 0 radical (unpaired) electrons. The molecule has 6 heteroatoms. The van der Waals surface area contributed by atoms with Crippen LogP contribution in [-0.2, 0) is 14.3 Å². The summed E-state index contributed by atoms with van der Waals surface area (Å²) in [6.45, 7) is 1.27. The number of fused-ring (bicyclic) bond motifs is 1. The number of halogens is 1. The number of carbonyl (C=O) groups excluding carboxylic acids is 2. The molecule has 2 aromatic rings. The zero-order valence-corrected chi connectivity index (χ0v) is 14.8. The molecule has 0 aliphatic carbocycles. The van der Waals surface area contributed by atoms with Gasteiger partial charge in [-0.2, -0.15) is 0 Å². The number of hydrogen-bond donors (Lipinski definition) is 0. The molecule has 5 nitrogen and oxygen atoms in total. The molecule has 0 saturated heterocycles. The van der Waals surface area contributed by atoms with Gasteiger partial charge in [0.1, 0.15) is 5.75 Å². The number of amides is 1. The average molecular weight is 380 g/mol. The summed E-state index contributed by atoms with van der Waals surface area (Å²) in [7, 11) is 3.21. The van der Waals surface area contributed by atoms with E-state index in [2.05, 4.69) is 15.9 Å². The standard InChI is InChI=1S/C17H18BrNO4/c1-11(17(21)19(2)3)23-15(20)10-22-14-9-8-12-6-4-5-7-13(12)16(14)18/h4-9,11H,10H2,1-3H3/t11-/m0/s1. The summed E-state index contributed by atoms with van der Waals surface area (Å²) in [5, 5.41) is 2.06. The Morgan fingerprint density at radius 3 is 2.57 bits per heavy atom. The van der Waals surface area contributed by atoms with Crippen molar-refractivity contribution < 1.29 is 19.1 Å². The summed E-state index contributed by atoms with van der Waals surface area (Å²) in [5.41, 5.74) is 0. The zero-order chi connectivity index (χ0) is 17.0. The van der Waals surface area contributed by atoms with Gasteiger partial charge in [0, 0.05) is 14.1 Å². The highest BCUT2D eigenvalue weighted by molar-refractivity contribution is 9.10. The summed E-state index contributed by atoms with van der Waals surface area (Å²) in [5.74, 6) is -0.315. The fraction of sp³-hybridized carbons (Fsp3) is 0.294. The molecule has 122 valence electrons. The maximum Gasteiger partial charge on any atom is 0.344 e. The van der Waals surface area contributed by atoms with Gasteiger partial charge < -0.3 is 14.4 Å². The molecule has 0 bridgehead atoms. The Morgan fingerprint density at radius 1 is 1.17 bits per heavy atom. The lowest BCUT2D eigenvalue weighted by atomic mass is 10.1. The Kier molecular flexibility index (Phi) is 5.60. The lowest BCUT2D eigenvalue weighted by Crippen LogP contribution is -2.35. The topological polar surface area (TPSA) is 55.8 Å². The Bertz CT molecular complexity index is 730. The summed E-state index contributed by atoms with van der Waals surface area (Å²) < 4.78 is 11.3. The van der Waals surface area contributed by atoms with Crippen molar-refractivity contribution >= 4 is 38.6 Å². The number of rotatable bonds is 5. The zero-order valence-electron chi connectivity index (χ0n) is 13.2. The average Bonchev–Trinajstić information content (AvgIpc) is 2.53. The molecule has 23 heavy (non-hydrogen) atoms. The molecule has 0 fully saturated rings. The minimum absolute atomic E-state index is 0.262. The van der Waals surface area contributed by atoms with Crippen LogP contribution in [0.25, 0.3) is 10.8 Å². The predicted molar refractivity (Wildman–Crippen MR) is 91.4 cm³/mol. The van der Waals surface area contributed by atoms with E-state index >= 15 is 0 Å². The first-order valence-corrected chi connectivity index (χ1v) is 7.90. The molecule has 0 aromatic heterocycles. The molecule has 1 atom stereocenters. The van der Waals surface area contributed by atoms with Crippen LogP contribution in [0.4, 0.5) is 0 Å². The molecule has 1 amide bonds. The molecule has 2 rings (SSSR count). The maximum absolute atomic E-state index is 11.8. The fourth-order valence-electron chi connectivity index (χ4n) is 2.11. The van der Waals surface area contributed by atoms with Crippen LogP contribution in [0.15, 0.2) is 40.9 Å². The summed E-state index contributed by atoms with van der Waals surface area (Å²) >= 11 is 3.49. The SMILES string of the molecule is C[C@H](OC(=O)COc1ccc2ccccc2c1Br)C(=O)N(C)C. The van der Waals surface area contributed by atoms with Gasteiger partial charge in [0.15, 0.2) is 12.7 Å². The van der Waals surface area contributed by atoms with Crippen LogP contribution in [0.5, 0.6) is 5.75 Å². The van der Waals surface area contributed by atoms with Crippen molar-refractivity contribution in [2.75, 3.05) is 20.7 Å². The summed E-state index contributed by atoms with van der Waals surface area (Å²) in [6, 6.07) is 11.5. The molecule has 0 saturated carbocycles. The summed E-state index contributed by atoms with van der Waals surface area (Å²) in [6.07, 6.45) is -0.832. The minimum Gasteiger partial charge on any atom is -0.481 e. The van der Waals surface area contributed by atoms with Crippen LogP contribution in [0.1, 0.15) is 6.92 Å². The highest BCUT2D eigenvalue weighted by Crippen LogP contribution is 2.32. The van der Waals surface area contributed by atoms with E-state index < -0.39 is 12.1 Å². The van der Waals surface area contributed by atoms with E-state index in [1.165, 1.54) is 11.8 Å². The highest BCUT2D eigenvalue weighted by Gasteiger charge is 2.19. The smallest absolute Gasteiger partial charge is 0.344 e. The van der Waals surface area contributed by atoms with Gasteiger partial charge in [0.25, 0.3) is 5.91 Å². The monoisotopic (exact) mass is 379 g/mol. The van der Waals surface area contributed by atoms with Crippen molar-refractivity contribution in [3.63, 3.8) is 0 Å². The molecule has 0 spiro atoms. The molecular weight excluding hydrogens is 362 g/mol. The van der Waals surface area contributed by atoms with Crippen LogP contribution >= 0.6 is 15.9 Å². The van der Waals surface area contributed by atoms with E-state index in [1.54, 1.807) is 20.2 Å². The van der Waals surface area contributed by atoms with E-state index in [0.717, 1.165) is 15.2 Å². The number of ether oxygens (including phenoxy) is 2. The van der Waals surface area contributed by atoms with Crippen LogP contribution in [0, 0.1) is 0 Å². The van der Waals surface area contributed by atoms with Gasteiger partial charge >= 0.3 is 5.97 Å². The molecular formula is C17H18BrNO4. The van der Waals surface area contributed by atoms with Gasteiger partial charge in [0.05, 0.1) is 4.47 Å². The maximum atomic E-state index is 11.8. The number of benzene rings is 2. The quantitative estimate of drug-likeness (QED) is 0.749. The van der Waals surface area contributed by atoms with E-state index in [4.69, 9.17) is 9.47 Å². The lowest BCUT2D eigenvalue weighted by Gasteiger charge is -2.17. The van der Waals surface area contributed by atoms with E-state index in [-0.39, 0.29) is 12.5 Å². The molecule has 0 heterocycles. The van der Waals surface area contributed by atoms with Gasteiger partial charge in [0.2, 0.25) is 0 Å². The van der Waals surface area contributed by atoms with Gasteiger partial charge in [-0.25, -0.2) is 4.79 Å². The van der Waals surface area contributed by atoms with Gasteiger partial charge in [-0.15, -0.1) is 0 Å². The van der Waals surface area contributed by atoms with Gasteiger partial charge in [-0.3, -0.25) is 4.79 Å². The molecule has 0 aliphatic heterocycles. The van der Waals surface area contributed by atoms with E-state index in [0.29, 0.717) is 5.75 Å². The third-order valence-electron chi connectivity index (χ3n) is 3.27. The second-order valence-electron chi connectivity index (χ2n) is 5.25. The van der Waals surface area contributed by atoms with Crippen LogP contribution < -0.4 is 4.74 Å². The van der Waals surface area contributed by atoms with Crippen molar-refractivity contribution in [2.24, 2.45) is 0 Å². The Hall–Kier alpha value is -2.08. The Morgan fingerprint density at radius 2 is 1.87 bits per heavy atom. The normalized spacial score (nSPS) is 11.8. The van der Waals surface area contributed by atoms with Crippen molar-refractivity contribution in [1.29, 1.82) is 0 Å². The number of nitrogens with zero attached hydrogens (tertiary/aromatic N) is 1. The van der Waals surface area contributed by atoms with Crippen molar-refractivity contribution in [3.05, 3.63) is 40.9 Å². The van der Waals surface area contributed by atoms with Crippen molar-refractivity contribution in [1.82, 2.24) is 4.90 Å². The van der Waals surface area contributed by atoms with Gasteiger partial charge in [-0.1, -0.05) is 30.3 Å². The first-order valence-electron chi connectivity index (χ1n) is 7.11. The van der Waals surface area contributed by atoms with Crippen LogP contribution in [-0.4, -0.2) is 43.6 Å². The minimum atomic E-state index is -0.832. The summed E-state index contributed by atoms with van der Waals surface area (Å²) in [4.78, 5) is 24.8.